The Labute approximate surface area is 120 Å². The van der Waals surface area contributed by atoms with Crippen molar-refractivity contribution in [2.24, 2.45) is 7.05 Å². The van der Waals surface area contributed by atoms with Gasteiger partial charge in [0.15, 0.2) is 0 Å². The quantitative estimate of drug-likeness (QED) is 0.834. The molecule has 0 saturated carbocycles. The number of ether oxygens (including phenoxy) is 1. The van der Waals surface area contributed by atoms with Crippen LogP contribution in [0.3, 0.4) is 0 Å². The zero-order valence-electron chi connectivity index (χ0n) is 11.7. The van der Waals surface area contributed by atoms with E-state index in [2.05, 4.69) is 20.9 Å². The van der Waals surface area contributed by atoms with Crippen molar-refractivity contribution < 1.29 is 9.53 Å². The number of anilines is 1. The van der Waals surface area contributed by atoms with Crippen LogP contribution in [-0.2, 0) is 11.8 Å². The topological polar surface area (TPSA) is 64.4 Å². The Morgan fingerprint density at radius 1 is 1.53 bits per heavy atom. The Morgan fingerprint density at radius 3 is 2.58 bits per heavy atom. The van der Waals surface area contributed by atoms with Gasteiger partial charge in [0.25, 0.3) is 5.56 Å². The predicted molar refractivity (Wildman–Crippen MR) is 76.4 cm³/mol. The molecule has 106 valence electrons. The summed E-state index contributed by atoms with van der Waals surface area (Å²) in [7, 11) is 1.56. The molecule has 0 radical (unpaired) electrons. The zero-order chi connectivity index (χ0) is 14.8. The van der Waals surface area contributed by atoms with E-state index >= 15 is 0 Å². The van der Waals surface area contributed by atoms with Gasteiger partial charge >= 0.3 is 6.09 Å². The smallest absolute Gasteiger partial charge is 0.417 e. The molecule has 6 nitrogen and oxygen atoms in total. The molecule has 7 heteroatoms. The predicted octanol–water partition coefficient (Wildman–Crippen LogP) is 2.30. The molecule has 0 saturated heterocycles. The Hall–Kier alpha value is -1.37. The summed E-state index contributed by atoms with van der Waals surface area (Å²) in [5.74, 6) is 0.255. The van der Waals surface area contributed by atoms with Crippen molar-refractivity contribution in [3.05, 3.63) is 21.0 Å². The molecule has 1 aromatic heterocycles. The molecule has 0 spiro atoms. The molecule has 0 atom stereocenters. The van der Waals surface area contributed by atoms with E-state index in [1.807, 2.05) is 0 Å². The first kappa shape index (κ1) is 15.7. The van der Waals surface area contributed by atoms with E-state index in [-0.39, 0.29) is 11.5 Å². The zero-order valence-corrected chi connectivity index (χ0v) is 13.3. The van der Waals surface area contributed by atoms with Gasteiger partial charge in [0.05, 0.1) is 6.20 Å². The van der Waals surface area contributed by atoms with Gasteiger partial charge in [0.1, 0.15) is 10.1 Å². The summed E-state index contributed by atoms with van der Waals surface area (Å²) >= 11 is 3.11. The minimum Gasteiger partial charge on any atom is -0.443 e. The van der Waals surface area contributed by atoms with Crippen LogP contribution < -0.4 is 10.5 Å². The molecule has 0 aromatic carbocycles. The maximum Gasteiger partial charge on any atom is 0.417 e. The van der Waals surface area contributed by atoms with Crippen molar-refractivity contribution in [2.75, 3.05) is 11.4 Å². The highest BCUT2D eigenvalue weighted by atomic mass is 79.9. The minimum absolute atomic E-state index is 0.255. The summed E-state index contributed by atoms with van der Waals surface area (Å²) in [6, 6.07) is 0. The van der Waals surface area contributed by atoms with Gasteiger partial charge in [0, 0.05) is 13.6 Å². The van der Waals surface area contributed by atoms with E-state index in [9.17, 15) is 9.59 Å². The van der Waals surface area contributed by atoms with E-state index in [1.54, 1.807) is 34.7 Å². The van der Waals surface area contributed by atoms with Crippen LogP contribution in [0.25, 0.3) is 0 Å². The Bertz CT molecular complexity index is 534. The number of aromatic nitrogens is 2. The van der Waals surface area contributed by atoms with Crippen molar-refractivity contribution in [1.82, 2.24) is 9.55 Å². The Kier molecular flexibility index (Phi) is 4.73. The first-order chi connectivity index (χ1) is 8.67. The van der Waals surface area contributed by atoms with E-state index in [0.29, 0.717) is 11.0 Å². The van der Waals surface area contributed by atoms with Crippen LogP contribution in [0.2, 0.25) is 0 Å². The van der Waals surface area contributed by atoms with Gasteiger partial charge in [-0.05, 0) is 43.6 Å². The summed E-state index contributed by atoms with van der Waals surface area (Å²) in [4.78, 5) is 29.3. The third-order valence-electron chi connectivity index (χ3n) is 2.27. The van der Waals surface area contributed by atoms with Crippen molar-refractivity contribution in [3.63, 3.8) is 0 Å². The molecule has 1 aromatic rings. The van der Waals surface area contributed by atoms with E-state index in [4.69, 9.17) is 4.74 Å². The summed E-state index contributed by atoms with van der Waals surface area (Å²) in [5.41, 5.74) is -0.856. The monoisotopic (exact) mass is 331 g/mol. The SMILES string of the molecule is CCN(C(=O)OC(C)(C)C)c1ncc(Br)c(=O)n1C. The molecule has 19 heavy (non-hydrogen) atoms. The number of rotatable bonds is 2. The average Bonchev–Trinajstić information content (AvgIpc) is 2.27. The van der Waals surface area contributed by atoms with Gasteiger partial charge in [-0.3, -0.25) is 9.36 Å². The van der Waals surface area contributed by atoms with Gasteiger partial charge in [0.2, 0.25) is 5.95 Å². The summed E-state index contributed by atoms with van der Waals surface area (Å²) in [6.07, 6.45) is 0.852. The molecule has 0 fully saturated rings. The third kappa shape index (κ3) is 3.79. The highest BCUT2D eigenvalue weighted by Gasteiger charge is 2.25. The molecule has 0 aliphatic rings. The van der Waals surface area contributed by atoms with Crippen molar-refractivity contribution in [1.29, 1.82) is 0 Å². The summed E-state index contributed by atoms with van der Waals surface area (Å²) in [6.45, 7) is 7.50. The summed E-state index contributed by atoms with van der Waals surface area (Å²) in [5, 5.41) is 0. The minimum atomic E-state index is -0.598. The Morgan fingerprint density at radius 2 is 2.11 bits per heavy atom. The van der Waals surface area contributed by atoms with Crippen molar-refractivity contribution in [3.8, 4) is 0 Å². The highest BCUT2D eigenvalue weighted by molar-refractivity contribution is 9.10. The van der Waals surface area contributed by atoms with Crippen LogP contribution in [0.1, 0.15) is 27.7 Å². The van der Waals surface area contributed by atoms with Crippen molar-refractivity contribution in [2.45, 2.75) is 33.3 Å². The van der Waals surface area contributed by atoms with Crippen LogP contribution in [0, 0.1) is 0 Å². The number of carbonyl (C=O) groups is 1. The van der Waals surface area contributed by atoms with E-state index in [0.717, 1.165) is 0 Å². The lowest BCUT2D eigenvalue weighted by Crippen LogP contribution is -2.40. The van der Waals surface area contributed by atoms with Gasteiger partial charge in [-0.25, -0.2) is 14.7 Å². The molecule has 0 unspecified atom stereocenters. The van der Waals surface area contributed by atoms with Crippen LogP contribution in [0.5, 0.6) is 0 Å². The number of carbonyl (C=O) groups excluding carboxylic acids is 1. The average molecular weight is 332 g/mol. The van der Waals surface area contributed by atoms with Gasteiger partial charge in [-0.15, -0.1) is 0 Å². The first-order valence-electron chi connectivity index (χ1n) is 5.89. The largest absolute Gasteiger partial charge is 0.443 e. The second kappa shape index (κ2) is 5.73. The molecular formula is C12H18BrN3O3. The lowest BCUT2D eigenvalue weighted by Gasteiger charge is -2.26. The van der Waals surface area contributed by atoms with Gasteiger partial charge in [-0.1, -0.05) is 0 Å². The molecule has 1 heterocycles. The fraction of sp³-hybridized carbons (Fsp3) is 0.583. The number of amides is 1. The lowest BCUT2D eigenvalue weighted by molar-refractivity contribution is 0.0578. The molecule has 0 N–H and O–H groups in total. The van der Waals surface area contributed by atoms with Gasteiger partial charge in [-0.2, -0.15) is 0 Å². The second-order valence-electron chi connectivity index (χ2n) is 4.99. The maximum atomic E-state index is 12.1. The van der Waals surface area contributed by atoms with Crippen LogP contribution in [0.15, 0.2) is 15.5 Å². The maximum absolute atomic E-state index is 12.1. The van der Waals surface area contributed by atoms with Crippen LogP contribution >= 0.6 is 15.9 Å². The fourth-order valence-electron chi connectivity index (χ4n) is 1.43. The van der Waals surface area contributed by atoms with Crippen LogP contribution in [-0.4, -0.2) is 27.8 Å². The molecule has 0 aliphatic heterocycles. The fourth-order valence-corrected chi connectivity index (χ4v) is 1.80. The highest BCUT2D eigenvalue weighted by Crippen LogP contribution is 2.15. The summed E-state index contributed by atoms with van der Waals surface area (Å²) < 4.78 is 6.94. The standard InChI is InChI=1S/C12H18BrN3O3/c1-6-16(11(18)19-12(2,3)4)10-14-7-8(13)9(17)15(10)5/h7H,6H2,1-5H3. The van der Waals surface area contributed by atoms with Crippen LogP contribution in [0.4, 0.5) is 10.7 Å². The van der Waals surface area contributed by atoms with E-state index < -0.39 is 11.7 Å². The number of hydrogen-bond acceptors (Lipinski definition) is 4. The first-order valence-corrected chi connectivity index (χ1v) is 6.68. The molecule has 1 rings (SSSR count). The lowest BCUT2D eigenvalue weighted by atomic mass is 10.2. The Balaban J connectivity index is 3.15. The normalized spacial score (nSPS) is 11.3. The molecule has 1 amide bonds. The third-order valence-corrected chi connectivity index (χ3v) is 2.82. The number of halogens is 1. The van der Waals surface area contributed by atoms with Gasteiger partial charge < -0.3 is 4.74 Å². The van der Waals surface area contributed by atoms with E-state index in [1.165, 1.54) is 15.7 Å². The van der Waals surface area contributed by atoms with Crippen molar-refractivity contribution >= 4 is 28.0 Å². The molecule has 0 bridgehead atoms. The molecule has 0 aliphatic carbocycles. The second-order valence-corrected chi connectivity index (χ2v) is 5.85. The number of nitrogens with zero attached hydrogens (tertiary/aromatic N) is 3. The molecular weight excluding hydrogens is 314 g/mol. The number of hydrogen-bond donors (Lipinski definition) is 0.